The van der Waals surface area contributed by atoms with Gasteiger partial charge in [-0.15, -0.1) is 0 Å². The fraction of sp³-hybridized carbons (Fsp3) is 1.00. The number of piperazine rings is 3. The van der Waals surface area contributed by atoms with Gasteiger partial charge in [0, 0.05) is 38.3 Å². The van der Waals surface area contributed by atoms with Crippen LogP contribution in [0.1, 0.15) is 13.8 Å². The second-order valence-electron chi connectivity index (χ2n) is 4.15. The Morgan fingerprint density at radius 3 is 2.33 bits per heavy atom. The van der Waals surface area contributed by atoms with Gasteiger partial charge in [-0.05, 0) is 13.8 Å². The smallest absolute Gasteiger partial charge is 0.0679 e. The summed E-state index contributed by atoms with van der Waals surface area (Å²) in [4.78, 5) is 4.91. The topological polar surface area (TPSA) is 26.7 Å². The van der Waals surface area contributed by atoms with Crippen LogP contribution in [0.15, 0.2) is 0 Å². The van der Waals surface area contributed by atoms with Crippen molar-refractivity contribution in [3.05, 3.63) is 0 Å². The summed E-state index contributed by atoms with van der Waals surface area (Å²) in [6, 6.07) is 1.07. The van der Waals surface area contributed by atoms with E-state index in [-0.39, 0.29) is 6.10 Å². The van der Waals surface area contributed by atoms with Crippen molar-refractivity contribution in [2.75, 3.05) is 26.2 Å². The van der Waals surface area contributed by atoms with Crippen molar-refractivity contribution in [3.63, 3.8) is 0 Å². The van der Waals surface area contributed by atoms with Gasteiger partial charge in [0.25, 0.3) is 0 Å². The highest BCUT2D eigenvalue weighted by molar-refractivity contribution is 4.94. The summed E-state index contributed by atoms with van der Waals surface area (Å²) in [5.74, 6) is 0. The average molecular weight is 170 g/mol. The van der Waals surface area contributed by atoms with Crippen LogP contribution in [0.2, 0.25) is 0 Å². The molecule has 0 saturated carbocycles. The quantitative estimate of drug-likeness (QED) is 0.588. The molecule has 3 nitrogen and oxygen atoms in total. The monoisotopic (exact) mass is 170 g/mol. The Labute approximate surface area is 74.0 Å². The number of aliphatic hydroxyl groups is 1. The minimum atomic E-state index is -0.180. The third kappa shape index (κ3) is 1.26. The van der Waals surface area contributed by atoms with Crippen molar-refractivity contribution in [1.29, 1.82) is 0 Å². The summed E-state index contributed by atoms with van der Waals surface area (Å²) < 4.78 is 0. The minimum Gasteiger partial charge on any atom is -0.392 e. The second-order valence-corrected chi connectivity index (χ2v) is 4.15. The van der Waals surface area contributed by atoms with E-state index < -0.39 is 0 Å². The van der Waals surface area contributed by atoms with Gasteiger partial charge in [0.05, 0.1) is 6.10 Å². The Kier molecular flexibility index (Phi) is 2.10. The van der Waals surface area contributed by atoms with Gasteiger partial charge in [-0.2, -0.15) is 0 Å². The first-order chi connectivity index (χ1) is 5.68. The third-order valence-electron chi connectivity index (χ3n) is 3.24. The van der Waals surface area contributed by atoms with Crippen LogP contribution in [-0.4, -0.2) is 59.3 Å². The SMILES string of the molecule is CC(O)C1CN2CCN1CC2C. The van der Waals surface area contributed by atoms with Gasteiger partial charge in [-0.25, -0.2) is 0 Å². The van der Waals surface area contributed by atoms with Gasteiger partial charge in [-0.1, -0.05) is 0 Å². The zero-order valence-corrected chi connectivity index (χ0v) is 7.90. The molecule has 3 aliphatic heterocycles. The van der Waals surface area contributed by atoms with E-state index in [0.717, 1.165) is 19.6 Å². The third-order valence-corrected chi connectivity index (χ3v) is 3.24. The summed E-state index contributed by atoms with van der Waals surface area (Å²) >= 11 is 0. The Hall–Kier alpha value is -0.120. The van der Waals surface area contributed by atoms with E-state index in [1.807, 2.05) is 6.92 Å². The zero-order chi connectivity index (χ0) is 8.72. The highest BCUT2D eigenvalue weighted by Crippen LogP contribution is 2.22. The van der Waals surface area contributed by atoms with E-state index in [2.05, 4.69) is 16.7 Å². The lowest BCUT2D eigenvalue weighted by Crippen LogP contribution is -2.67. The molecule has 3 rings (SSSR count). The average Bonchev–Trinajstić information content (AvgIpc) is 2.04. The van der Waals surface area contributed by atoms with E-state index in [4.69, 9.17) is 0 Å². The highest BCUT2D eigenvalue weighted by atomic mass is 16.3. The second kappa shape index (κ2) is 2.98. The van der Waals surface area contributed by atoms with Crippen LogP contribution in [0.25, 0.3) is 0 Å². The van der Waals surface area contributed by atoms with Gasteiger partial charge in [0.15, 0.2) is 0 Å². The molecule has 0 aromatic heterocycles. The lowest BCUT2D eigenvalue weighted by atomic mass is 10.00. The molecule has 1 N–H and O–H groups in total. The van der Waals surface area contributed by atoms with Gasteiger partial charge in [-0.3, -0.25) is 9.80 Å². The first kappa shape index (κ1) is 8.48. The molecule has 3 aliphatic rings. The molecule has 0 amide bonds. The predicted octanol–water partition coefficient (Wildman–Crippen LogP) is -0.244. The first-order valence-corrected chi connectivity index (χ1v) is 4.84. The Morgan fingerprint density at radius 1 is 1.25 bits per heavy atom. The summed E-state index contributed by atoms with van der Waals surface area (Å²) in [5.41, 5.74) is 0. The van der Waals surface area contributed by atoms with Crippen molar-refractivity contribution in [2.45, 2.75) is 32.0 Å². The number of nitrogens with zero attached hydrogens (tertiary/aromatic N) is 2. The molecule has 2 bridgehead atoms. The van der Waals surface area contributed by atoms with E-state index in [9.17, 15) is 5.11 Å². The molecular formula is C9H18N2O. The van der Waals surface area contributed by atoms with Crippen LogP contribution in [-0.2, 0) is 0 Å². The lowest BCUT2D eigenvalue weighted by Gasteiger charge is -2.52. The largest absolute Gasteiger partial charge is 0.392 e. The van der Waals surface area contributed by atoms with Crippen LogP contribution in [0.4, 0.5) is 0 Å². The standard InChI is InChI=1S/C9H18N2O/c1-7-5-11-4-3-10(7)6-9(11)8(2)12/h7-9,12H,3-6H2,1-2H3. The Morgan fingerprint density at radius 2 is 1.92 bits per heavy atom. The van der Waals surface area contributed by atoms with Gasteiger partial charge < -0.3 is 5.11 Å². The van der Waals surface area contributed by atoms with E-state index in [0.29, 0.717) is 12.1 Å². The molecule has 0 aromatic carbocycles. The molecule has 0 radical (unpaired) electrons. The molecule has 12 heavy (non-hydrogen) atoms. The number of aliphatic hydroxyl groups excluding tert-OH is 1. The molecule has 3 heteroatoms. The van der Waals surface area contributed by atoms with Crippen molar-refractivity contribution in [1.82, 2.24) is 9.80 Å². The minimum absolute atomic E-state index is 0.180. The summed E-state index contributed by atoms with van der Waals surface area (Å²) in [7, 11) is 0. The maximum Gasteiger partial charge on any atom is 0.0679 e. The van der Waals surface area contributed by atoms with Crippen LogP contribution in [0, 0.1) is 0 Å². The molecule has 0 aromatic rings. The summed E-state index contributed by atoms with van der Waals surface area (Å²) in [5, 5.41) is 9.52. The molecular weight excluding hydrogens is 152 g/mol. The van der Waals surface area contributed by atoms with Gasteiger partial charge in [0.2, 0.25) is 0 Å². The Balaban J connectivity index is 2.05. The molecule has 0 aliphatic carbocycles. The number of hydrogen-bond acceptors (Lipinski definition) is 3. The fourth-order valence-corrected chi connectivity index (χ4v) is 2.41. The number of hydrogen-bond donors (Lipinski definition) is 1. The molecule has 5 unspecified atom stereocenters. The highest BCUT2D eigenvalue weighted by Gasteiger charge is 2.37. The molecule has 3 fully saturated rings. The van der Waals surface area contributed by atoms with E-state index >= 15 is 0 Å². The molecule has 3 saturated heterocycles. The van der Waals surface area contributed by atoms with E-state index in [1.165, 1.54) is 6.54 Å². The maximum atomic E-state index is 9.52. The van der Waals surface area contributed by atoms with Crippen LogP contribution < -0.4 is 0 Å². The summed E-state index contributed by atoms with van der Waals surface area (Å²) in [6.07, 6.45) is -0.180. The molecule has 70 valence electrons. The van der Waals surface area contributed by atoms with Gasteiger partial charge in [0.1, 0.15) is 0 Å². The van der Waals surface area contributed by atoms with E-state index in [1.54, 1.807) is 0 Å². The Bertz CT molecular complexity index is 172. The van der Waals surface area contributed by atoms with Crippen LogP contribution >= 0.6 is 0 Å². The van der Waals surface area contributed by atoms with Crippen molar-refractivity contribution >= 4 is 0 Å². The van der Waals surface area contributed by atoms with Crippen molar-refractivity contribution in [2.24, 2.45) is 0 Å². The van der Waals surface area contributed by atoms with Crippen LogP contribution in [0.5, 0.6) is 0 Å². The first-order valence-electron chi connectivity index (χ1n) is 4.84. The molecule has 0 spiro atoms. The van der Waals surface area contributed by atoms with Crippen LogP contribution in [0.3, 0.4) is 0 Å². The maximum absolute atomic E-state index is 9.52. The number of rotatable bonds is 1. The molecule has 3 heterocycles. The number of fused-ring (bicyclic) bond motifs is 3. The van der Waals surface area contributed by atoms with Gasteiger partial charge >= 0.3 is 0 Å². The fourth-order valence-electron chi connectivity index (χ4n) is 2.41. The molecule has 5 atom stereocenters. The lowest BCUT2D eigenvalue weighted by molar-refractivity contribution is -0.0648. The predicted molar refractivity (Wildman–Crippen MR) is 48.1 cm³/mol. The summed E-state index contributed by atoms with van der Waals surface area (Å²) in [6.45, 7) is 8.68. The van der Waals surface area contributed by atoms with Crippen molar-refractivity contribution in [3.8, 4) is 0 Å². The zero-order valence-electron chi connectivity index (χ0n) is 7.90. The van der Waals surface area contributed by atoms with Crippen molar-refractivity contribution < 1.29 is 5.11 Å². The normalized spacial score (nSPS) is 49.2.